The van der Waals surface area contributed by atoms with E-state index in [0.29, 0.717) is 30.8 Å². The number of nitrogens with one attached hydrogen (secondary N) is 1. The van der Waals surface area contributed by atoms with E-state index in [4.69, 9.17) is 5.26 Å². The van der Waals surface area contributed by atoms with Gasteiger partial charge in [-0.05, 0) is 70.5 Å². The van der Waals surface area contributed by atoms with Crippen molar-refractivity contribution in [2.24, 2.45) is 0 Å². The smallest absolute Gasteiger partial charge is 0.251 e. The van der Waals surface area contributed by atoms with Crippen LogP contribution in [0.1, 0.15) is 64.4 Å². The molecule has 4 aromatic carbocycles. The topological polar surface area (TPSA) is 67.0 Å². The molecule has 0 aliphatic rings. The minimum atomic E-state index is -0.0743. The van der Waals surface area contributed by atoms with Gasteiger partial charge in [-0.2, -0.15) is 5.26 Å². The molecule has 0 spiro atoms. The van der Waals surface area contributed by atoms with Crippen LogP contribution in [0.3, 0.4) is 0 Å². The first-order chi connectivity index (χ1) is 18.6. The number of hydrogen-bond donors (Lipinski definition) is 1. The molecule has 0 aliphatic carbocycles. The minimum Gasteiger partial charge on any atom is -0.348 e. The predicted molar refractivity (Wildman–Crippen MR) is 153 cm³/mol. The molecule has 0 aliphatic heterocycles. The Bertz CT molecular complexity index is 1370. The monoisotopic (exact) mass is 500 g/mol. The summed E-state index contributed by atoms with van der Waals surface area (Å²) in [6, 6.07) is 34.3. The average molecular weight is 501 g/mol. The number of nitriles is 1. The van der Waals surface area contributed by atoms with Gasteiger partial charge in [0.15, 0.2) is 0 Å². The van der Waals surface area contributed by atoms with Crippen LogP contribution in [0.15, 0.2) is 97.1 Å². The number of unbranched alkanes of at least 4 members (excludes halogenated alkanes) is 2. The lowest BCUT2D eigenvalue weighted by molar-refractivity contribution is 0.0951. The molecular weight excluding hydrogens is 466 g/mol. The summed E-state index contributed by atoms with van der Waals surface area (Å²) in [7, 11) is 0. The number of benzene rings is 4. The quantitative estimate of drug-likeness (QED) is 0.209. The number of aryl methyl sites for hydroxylation is 1. The molecule has 0 fully saturated rings. The van der Waals surface area contributed by atoms with Crippen molar-refractivity contribution in [3.8, 4) is 17.2 Å². The summed E-state index contributed by atoms with van der Waals surface area (Å²) >= 11 is 0. The first kappa shape index (κ1) is 26.9. The molecule has 1 radical (unpaired) electrons. The van der Waals surface area contributed by atoms with Gasteiger partial charge in [0.05, 0.1) is 11.6 Å². The van der Waals surface area contributed by atoms with Crippen LogP contribution in [0, 0.1) is 11.3 Å². The number of carbonyl (C=O) groups excluding carboxylic acids is 1. The van der Waals surface area contributed by atoms with Gasteiger partial charge >= 0.3 is 0 Å². The molecule has 0 heterocycles. The molecule has 4 rings (SSSR count). The van der Waals surface area contributed by atoms with Crippen LogP contribution >= 0.6 is 0 Å². The number of carbonyl (C=O) groups is 1. The van der Waals surface area contributed by atoms with Gasteiger partial charge in [-0.25, -0.2) is 5.32 Å². The van der Waals surface area contributed by atoms with Crippen molar-refractivity contribution < 1.29 is 4.79 Å². The van der Waals surface area contributed by atoms with Crippen LogP contribution in [0.4, 0.5) is 0 Å². The lowest BCUT2D eigenvalue weighted by Crippen LogP contribution is -2.22. The summed E-state index contributed by atoms with van der Waals surface area (Å²) in [4.78, 5) is 12.8. The summed E-state index contributed by atoms with van der Waals surface area (Å²) in [5, 5.41) is 16.7. The zero-order chi connectivity index (χ0) is 26.6. The second-order valence-corrected chi connectivity index (χ2v) is 9.59. The van der Waals surface area contributed by atoms with E-state index < -0.39 is 0 Å². The number of nitrogens with zero attached hydrogens (tertiary/aromatic N) is 2. The van der Waals surface area contributed by atoms with Crippen LogP contribution in [0.5, 0.6) is 0 Å². The zero-order valence-electron chi connectivity index (χ0n) is 22.0. The summed E-state index contributed by atoms with van der Waals surface area (Å²) in [5.74, 6) is -0.0743. The molecule has 0 bridgehead atoms. The van der Waals surface area contributed by atoms with Crippen molar-refractivity contribution in [3.63, 3.8) is 0 Å². The lowest BCUT2D eigenvalue weighted by atomic mass is 10.0. The highest BCUT2D eigenvalue weighted by atomic mass is 16.1. The van der Waals surface area contributed by atoms with Gasteiger partial charge in [0, 0.05) is 25.2 Å². The van der Waals surface area contributed by atoms with E-state index in [1.165, 1.54) is 24.8 Å². The van der Waals surface area contributed by atoms with E-state index in [-0.39, 0.29) is 5.91 Å². The van der Waals surface area contributed by atoms with Gasteiger partial charge in [0.1, 0.15) is 0 Å². The molecular formula is C34H34N3O. The molecule has 0 aromatic heterocycles. The molecule has 0 saturated heterocycles. The molecule has 1 amide bonds. The Hall–Kier alpha value is -4.20. The average Bonchev–Trinajstić information content (AvgIpc) is 2.97. The van der Waals surface area contributed by atoms with Crippen molar-refractivity contribution in [1.29, 1.82) is 5.26 Å². The Morgan fingerprint density at radius 1 is 0.763 bits per heavy atom. The number of amides is 1. The van der Waals surface area contributed by atoms with Gasteiger partial charge in [-0.3, -0.25) is 4.79 Å². The van der Waals surface area contributed by atoms with Gasteiger partial charge in [0.2, 0.25) is 0 Å². The molecule has 4 nitrogen and oxygen atoms in total. The second kappa shape index (κ2) is 13.9. The number of hydrogen-bond acceptors (Lipinski definition) is 2. The standard InChI is InChI=1S/C34H34N3O/c1-2-3-4-7-26-12-14-28(15-13-26)25-37-34(38)33-11-6-10-32(21-33)31-18-16-27(17-19-31)23-36-24-30-9-5-8-29(20-30)22-35/h5-6,8-21H,2-4,7,23-25H2,1H3,(H,37,38). The Morgan fingerprint density at radius 3 is 2.24 bits per heavy atom. The van der Waals surface area contributed by atoms with Gasteiger partial charge in [-0.15, -0.1) is 0 Å². The van der Waals surface area contributed by atoms with Crippen molar-refractivity contribution in [2.75, 3.05) is 0 Å². The summed E-state index contributed by atoms with van der Waals surface area (Å²) in [6.07, 6.45) is 4.83. The van der Waals surface area contributed by atoms with E-state index in [1.54, 1.807) is 6.07 Å². The molecule has 191 valence electrons. The van der Waals surface area contributed by atoms with E-state index in [2.05, 4.69) is 72.2 Å². The third-order valence-corrected chi connectivity index (χ3v) is 6.60. The Kier molecular flexibility index (Phi) is 9.84. The fraction of sp³-hybridized carbons (Fsp3) is 0.235. The lowest BCUT2D eigenvalue weighted by Gasteiger charge is -2.09. The first-order valence-electron chi connectivity index (χ1n) is 13.3. The molecule has 1 N–H and O–H groups in total. The molecule has 4 heteroatoms. The van der Waals surface area contributed by atoms with Gasteiger partial charge < -0.3 is 5.32 Å². The van der Waals surface area contributed by atoms with E-state index >= 15 is 0 Å². The molecule has 4 aromatic rings. The highest BCUT2D eigenvalue weighted by Gasteiger charge is 2.08. The predicted octanol–water partition coefficient (Wildman–Crippen LogP) is 7.19. The molecule has 0 atom stereocenters. The third kappa shape index (κ3) is 7.90. The van der Waals surface area contributed by atoms with Crippen molar-refractivity contribution in [2.45, 2.75) is 52.2 Å². The maximum Gasteiger partial charge on any atom is 0.251 e. The Morgan fingerprint density at radius 2 is 1.47 bits per heavy atom. The molecule has 0 unspecified atom stereocenters. The van der Waals surface area contributed by atoms with Crippen molar-refractivity contribution >= 4 is 5.91 Å². The first-order valence-corrected chi connectivity index (χ1v) is 13.3. The zero-order valence-corrected chi connectivity index (χ0v) is 22.0. The van der Waals surface area contributed by atoms with E-state index in [9.17, 15) is 4.79 Å². The Balaban J connectivity index is 1.29. The fourth-order valence-electron chi connectivity index (χ4n) is 4.38. The van der Waals surface area contributed by atoms with Crippen LogP contribution in [-0.2, 0) is 26.1 Å². The summed E-state index contributed by atoms with van der Waals surface area (Å²) in [6.45, 7) is 3.92. The second-order valence-electron chi connectivity index (χ2n) is 9.59. The van der Waals surface area contributed by atoms with Gasteiger partial charge in [0.25, 0.3) is 5.91 Å². The minimum absolute atomic E-state index is 0.0743. The largest absolute Gasteiger partial charge is 0.348 e. The number of rotatable bonds is 12. The fourth-order valence-corrected chi connectivity index (χ4v) is 4.38. The van der Waals surface area contributed by atoms with Crippen LogP contribution < -0.4 is 10.6 Å². The summed E-state index contributed by atoms with van der Waals surface area (Å²) < 4.78 is 0. The highest BCUT2D eigenvalue weighted by molar-refractivity contribution is 5.95. The van der Waals surface area contributed by atoms with Crippen molar-refractivity contribution in [1.82, 2.24) is 10.6 Å². The van der Waals surface area contributed by atoms with Crippen LogP contribution in [0.25, 0.3) is 11.1 Å². The molecule has 0 saturated carbocycles. The maximum absolute atomic E-state index is 12.8. The molecule has 38 heavy (non-hydrogen) atoms. The third-order valence-electron chi connectivity index (χ3n) is 6.60. The van der Waals surface area contributed by atoms with Crippen LogP contribution in [0.2, 0.25) is 0 Å². The Labute approximate surface area is 226 Å². The SMILES string of the molecule is CCCCCc1ccc(CNC(=O)c2cccc(-c3ccc(C[N]Cc4cccc(C#N)c4)cc3)c2)cc1. The summed E-state index contributed by atoms with van der Waals surface area (Å²) in [5.41, 5.74) is 7.99. The van der Waals surface area contributed by atoms with E-state index in [0.717, 1.165) is 34.2 Å². The van der Waals surface area contributed by atoms with E-state index in [1.807, 2.05) is 42.5 Å². The normalized spacial score (nSPS) is 10.6. The van der Waals surface area contributed by atoms with Crippen molar-refractivity contribution in [3.05, 3.63) is 130 Å². The maximum atomic E-state index is 12.8. The van der Waals surface area contributed by atoms with Crippen LogP contribution in [-0.4, -0.2) is 5.91 Å². The highest BCUT2D eigenvalue weighted by Crippen LogP contribution is 2.21. The van der Waals surface area contributed by atoms with Gasteiger partial charge in [-0.1, -0.05) is 92.6 Å².